The third-order valence-corrected chi connectivity index (χ3v) is 2.91. The highest BCUT2D eigenvalue weighted by molar-refractivity contribution is 5.94. The molecule has 0 saturated heterocycles. The molecule has 0 fully saturated rings. The van der Waals surface area contributed by atoms with Gasteiger partial charge in [-0.15, -0.1) is 0 Å². The molecule has 1 amide bonds. The summed E-state index contributed by atoms with van der Waals surface area (Å²) in [5.74, 6) is 0.466. The molecule has 96 valence electrons. The summed E-state index contributed by atoms with van der Waals surface area (Å²) in [6.45, 7) is 2.74. The van der Waals surface area contributed by atoms with Crippen molar-refractivity contribution in [1.29, 1.82) is 0 Å². The van der Waals surface area contributed by atoms with Crippen LogP contribution < -0.4 is 10.6 Å². The van der Waals surface area contributed by atoms with Crippen molar-refractivity contribution in [3.8, 4) is 0 Å². The number of amides is 1. The first-order chi connectivity index (χ1) is 8.72. The van der Waals surface area contributed by atoms with Gasteiger partial charge in [0.2, 0.25) is 5.96 Å². The molecule has 1 aromatic rings. The summed E-state index contributed by atoms with van der Waals surface area (Å²) < 4.78 is 4.52. The number of carbonyl (C=O) groups excluding carboxylic acids is 1. The molecule has 0 spiro atoms. The number of nitrogens with zero attached hydrogens (tertiary/aromatic N) is 1. The number of aryl methyl sites for hydroxylation is 1. The number of ether oxygens (including phenoxy) is 1. The fourth-order valence-corrected chi connectivity index (χ4v) is 1.88. The van der Waals surface area contributed by atoms with Crippen molar-refractivity contribution in [2.24, 2.45) is 4.99 Å². The SMILES string of the molecule is CCc1cccc(C2CN=C(NC(=O)OC)N2)c1. The molecule has 1 atom stereocenters. The van der Waals surface area contributed by atoms with Crippen LogP contribution in [-0.4, -0.2) is 25.7 Å². The van der Waals surface area contributed by atoms with Crippen LogP contribution in [0.25, 0.3) is 0 Å². The molecule has 1 aromatic carbocycles. The Kier molecular flexibility index (Phi) is 3.82. The van der Waals surface area contributed by atoms with E-state index in [1.165, 1.54) is 18.2 Å². The number of hydrogen-bond acceptors (Lipinski definition) is 4. The van der Waals surface area contributed by atoms with Crippen LogP contribution in [-0.2, 0) is 11.2 Å². The average Bonchev–Trinajstić information content (AvgIpc) is 2.87. The van der Waals surface area contributed by atoms with E-state index in [0.717, 1.165) is 6.42 Å². The fraction of sp³-hybridized carbons (Fsp3) is 0.385. The molecule has 0 saturated carbocycles. The molecule has 2 N–H and O–H groups in total. The van der Waals surface area contributed by atoms with E-state index in [4.69, 9.17) is 0 Å². The first kappa shape index (κ1) is 12.4. The lowest BCUT2D eigenvalue weighted by Gasteiger charge is -2.13. The summed E-state index contributed by atoms with van der Waals surface area (Å²) in [4.78, 5) is 15.3. The summed E-state index contributed by atoms with van der Waals surface area (Å²) in [6.07, 6.45) is 0.499. The molecular weight excluding hydrogens is 230 g/mol. The second-order valence-electron chi connectivity index (χ2n) is 4.10. The van der Waals surface area contributed by atoms with Crippen molar-refractivity contribution in [2.75, 3.05) is 13.7 Å². The van der Waals surface area contributed by atoms with Gasteiger partial charge in [0.25, 0.3) is 0 Å². The van der Waals surface area contributed by atoms with Gasteiger partial charge < -0.3 is 10.1 Å². The Morgan fingerprint density at radius 3 is 3.17 bits per heavy atom. The van der Waals surface area contributed by atoms with E-state index < -0.39 is 6.09 Å². The van der Waals surface area contributed by atoms with Gasteiger partial charge in [0.1, 0.15) is 0 Å². The van der Waals surface area contributed by atoms with E-state index in [2.05, 4.69) is 45.5 Å². The Bertz CT molecular complexity index is 471. The maximum atomic E-state index is 11.1. The van der Waals surface area contributed by atoms with E-state index in [9.17, 15) is 4.79 Å². The zero-order valence-corrected chi connectivity index (χ0v) is 10.6. The zero-order valence-electron chi connectivity index (χ0n) is 10.6. The van der Waals surface area contributed by atoms with Crippen LogP contribution in [0.15, 0.2) is 29.3 Å². The normalized spacial score (nSPS) is 17.9. The number of methoxy groups -OCH3 is 1. The number of carbonyl (C=O) groups is 1. The van der Waals surface area contributed by atoms with Gasteiger partial charge >= 0.3 is 6.09 Å². The largest absolute Gasteiger partial charge is 0.453 e. The summed E-state index contributed by atoms with van der Waals surface area (Å²) >= 11 is 0. The maximum Gasteiger partial charge on any atom is 0.413 e. The lowest BCUT2D eigenvalue weighted by Crippen LogP contribution is -2.39. The maximum absolute atomic E-state index is 11.1. The van der Waals surface area contributed by atoms with Crippen molar-refractivity contribution in [2.45, 2.75) is 19.4 Å². The van der Waals surface area contributed by atoms with Crippen LogP contribution >= 0.6 is 0 Å². The van der Waals surface area contributed by atoms with E-state index in [1.54, 1.807) is 0 Å². The lowest BCUT2D eigenvalue weighted by atomic mass is 10.0. The Hall–Kier alpha value is -2.04. The number of aliphatic imine (C=N–C) groups is 1. The first-order valence-corrected chi connectivity index (χ1v) is 5.97. The molecule has 2 rings (SSSR count). The van der Waals surface area contributed by atoms with Crippen LogP contribution in [0.2, 0.25) is 0 Å². The Balaban J connectivity index is 1.99. The van der Waals surface area contributed by atoms with E-state index in [1.807, 2.05) is 6.07 Å². The van der Waals surface area contributed by atoms with E-state index >= 15 is 0 Å². The number of rotatable bonds is 2. The van der Waals surface area contributed by atoms with Crippen LogP contribution in [0.5, 0.6) is 0 Å². The van der Waals surface area contributed by atoms with Crippen molar-refractivity contribution in [1.82, 2.24) is 10.6 Å². The van der Waals surface area contributed by atoms with Gasteiger partial charge in [0.15, 0.2) is 0 Å². The average molecular weight is 247 g/mol. The molecule has 0 radical (unpaired) electrons. The minimum Gasteiger partial charge on any atom is -0.453 e. The van der Waals surface area contributed by atoms with Crippen molar-refractivity contribution in [3.05, 3.63) is 35.4 Å². The molecule has 1 unspecified atom stereocenters. The first-order valence-electron chi connectivity index (χ1n) is 5.97. The predicted octanol–water partition coefficient (Wildman–Crippen LogP) is 1.61. The topological polar surface area (TPSA) is 62.7 Å². The molecule has 1 aliphatic heterocycles. The third-order valence-electron chi connectivity index (χ3n) is 2.91. The second kappa shape index (κ2) is 5.53. The Morgan fingerprint density at radius 1 is 1.61 bits per heavy atom. The second-order valence-corrected chi connectivity index (χ2v) is 4.10. The van der Waals surface area contributed by atoms with Gasteiger partial charge in [-0.3, -0.25) is 10.3 Å². The number of guanidine groups is 1. The minimum atomic E-state index is -0.510. The van der Waals surface area contributed by atoms with Gasteiger partial charge in [0, 0.05) is 0 Å². The third kappa shape index (κ3) is 2.80. The van der Waals surface area contributed by atoms with Gasteiger partial charge in [-0.05, 0) is 17.5 Å². The van der Waals surface area contributed by atoms with Crippen LogP contribution in [0.4, 0.5) is 4.79 Å². The fourth-order valence-electron chi connectivity index (χ4n) is 1.88. The molecular formula is C13H17N3O2. The van der Waals surface area contributed by atoms with Gasteiger partial charge in [-0.25, -0.2) is 4.79 Å². The van der Waals surface area contributed by atoms with Gasteiger partial charge in [-0.2, -0.15) is 0 Å². The molecule has 5 nitrogen and oxygen atoms in total. The van der Waals surface area contributed by atoms with E-state index in [-0.39, 0.29) is 6.04 Å². The molecule has 1 aliphatic rings. The minimum absolute atomic E-state index is 0.114. The molecule has 18 heavy (non-hydrogen) atoms. The standard InChI is InChI=1S/C13H17N3O2/c1-3-9-5-4-6-10(7-9)11-8-14-12(15-11)16-13(17)18-2/h4-7,11H,3,8H2,1-2H3,(H2,14,15,16,17). The van der Waals surface area contributed by atoms with Crippen LogP contribution in [0.3, 0.4) is 0 Å². The highest BCUT2D eigenvalue weighted by atomic mass is 16.5. The number of hydrogen-bond donors (Lipinski definition) is 2. The van der Waals surface area contributed by atoms with Gasteiger partial charge in [-0.1, -0.05) is 31.2 Å². The quantitative estimate of drug-likeness (QED) is 0.834. The van der Waals surface area contributed by atoms with Crippen molar-refractivity contribution < 1.29 is 9.53 Å². The summed E-state index contributed by atoms with van der Waals surface area (Å²) in [5.41, 5.74) is 2.48. The Morgan fingerprint density at radius 2 is 2.44 bits per heavy atom. The predicted molar refractivity (Wildman–Crippen MR) is 69.5 cm³/mol. The highest BCUT2D eigenvalue weighted by Crippen LogP contribution is 2.18. The molecule has 5 heteroatoms. The molecule has 0 aliphatic carbocycles. The summed E-state index contributed by atoms with van der Waals surface area (Å²) in [5, 5.41) is 5.70. The zero-order chi connectivity index (χ0) is 13.0. The summed E-state index contributed by atoms with van der Waals surface area (Å²) in [7, 11) is 1.33. The van der Waals surface area contributed by atoms with Gasteiger partial charge in [0.05, 0.1) is 19.7 Å². The monoisotopic (exact) mass is 247 g/mol. The number of nitrogens with one attached hydrogen (secondary N) is 2. The van der Waals surface area contributed by atoms with E-state index in [0.29, 0.717) is 12.5 Å². The molecule has 0 aromatic heterocycles. The van der Waals surface area contributed by atoms with Crippen LogP contribution in [0, 0.1) is 0 Å². The number of benzene rings is 1. The van der Waals surface area contributed by atoms with Crippen molar-refractivity contribution >= 4 is 12.1 Å². The summed E-state index contributed by atoms with van der Waals surface area (Å²) in [6, 6.07) is 8.49. The number of alkyl carbamates (subject to hydrolysis) is 1. The lowest BCUT2D eigenvalue weighted by molar-refractivity contribution is 0.176. The highest BCUT2D eigenvalue weighted by Gasteiger charge is 2.20. The molecule has 1 heterocycles. The van der Waals surface area contributed by atoms with Crippen LogP contribution in [0.1, 0.15) is 24.1 Å². The molecule has 0 bridgehead atoms. The van der Waals surface area contributed by atoms with Crippen molar-refractivity contribution in [3.63, 3.8) is 0 Å². The Labute approximate surface area is 106 Å². The smallest absolute Gasteiger partial charge is 0.413 e.